The summed E-state index contributed by atoms with van der Waals surface area (Å²) in [7, 11) is 0. The van der Waals surface area contributed by atoms with Gasteiger partial charge in [-0.25, -0.2) is 4.98 Å². The summed E-state index contributed by atoms with van der Waals surface area (Å²) in [6.45, 7) is -0.350. The molecule has 4 aromatic rings. The van der Waals surface area contributed by atoms with Gasteiger partial charge in [0, 0.05) is 27.9 Å². The first-order valence-electron chi connectivity index (χ1n) is 8.45. The Morgan fingerprint density at radius 1 is 1.11 bits per heavy atom. The number of carbonyl (C=O) groups is 2. The Labute approximate surface area is 168 Å². The number of thiophene rings is 1. The van der Waals surface area contributed by atoms with Gasteiger partial charge in [-0.15, -0.1) is 11.3 Å². The SMILES string of the molecule is O=C(COC(=O)Cc1csc(-c2ccsc2)n1)Nc1cccc2ncccc12. The Balaban J connectivity index is 1.31. The molecule has 0 fully saturated rings. The van der Waals surface area contributed by atoms with Crippen LogP contribution in [-0.4, -0.2) is 28.5 Å². The number of pyridine rings is 1. The fourth-order valence-corrected chi connectivity index (χ4v) is 4.18. The Bertz CT molecular complexity index is 1120. The zero-order chi connectivity index (χ0) is 19.3. The highest BCUT2D eigenvalue weighted by Gasteiger charge is 2.13. The maximum absolute atomic E-state index is 12.2. The van der Waals surface area contributed by atoms with Gasteiger partial charge >= 0.3 is 5.97 Å². The van der Waals surface area contributed by atoms with E-state index in [-0.39, 0.29) is 13.0 Å². The van der Waals surface area contributed by atoms with Crippen molar-refractivity contribution < 1.29 is 14.3 Å². The molecule has 3 heterocycles. The molecule has 0 radical (unpaired) electrons. The number of thiazole rings is 1. The number of fused-ring (bicyclic) bond motifs is 1. The Morgan fingerprint density at radius 2 is 2.04 bits per heavy atom. The highest BCUT2D eigenvalue weighted by molar-refractivity contribution is 7.14. The summed E-state index contributed by atoms with van der Waals surface area (Å²) in [6, 6.07) is 11.1. The van der Waals surface area contributed by atoms with E-state index in [4.69, 9.17) is 4.74 Å². The van der Waals surface area contributed by atoms with Crippen LogP contribution in [0.3, 0.4) is 0 Å². The highest BCUT2D eigenvalue weighted by Crippen LogP contribution is 2.26. The van der Waals surface area contributed by atoms with Crippen LogP contribution >= 0.6 is 22.7 Å². The van der Waals surface area contributed by atoms with E-state index in [0.29, 0.717) is 11.4 Å². The first kappa shape index (κ1) is 18.3. The largest absolute Gasteiger partial charge is 0.455 e. The standard InChI is InChI=1S/C20H15N3O3S2/c24-18(23-17-5-1-4-16-15(17)3-2-7-21-16)10-26-19(25)9-14-12-28-20(22-14)13-6-8-27-11-13/h1-8,11-12H,9-10H2,(H,23,24). The van der Waals surface area contributed by atoms with Crippen molar-refractivity contribution in [3.05, 3.63) is 64.4 Å². The van der Waals surface area contributed by atoms with E-state index in [1.807, 2.05) is 40.4 Å². The van der Waals surface area contributed by atoms with Crippen molar-refractivity contribution in [3.63, 3.8) is 0 Å². The van der Waals surface area contributed by atoms with Crippen molar-refractivity contribution in [2.45, 2.75) is 6.42 Å². The minimum absolute atomic E-state index is 0.0338. The molecule has 1 N–H and O–H groups in total. The first-order chi connectivity index (χ1) is 13.7. The third kappa shape index (κ3) is 4.24. The lowest BCUT2D eigenvalue weighted by Crippen LogP contribution is -2.21. The van der Waals surface area contributed by atoms with E-state index in [1.54, 1.807) is 29.7 Å². The maximum atomic E-state index is 12.2. The molecule has 0 aliphatic heterocycles. The molecule has 0 aliphatic rings. The summed E-state index contributed by atoms with van der Waals surface area (Å²) in [4.78, 5) is 32.9. The molecule has 0 atom stereocenters. The molecule has 0 saturated carbocycles. The van der Waals surface area contributed by atoms with Gasteiger partial charge in [-0.2, -0.15) is 11.3 Å². The van der Waals surface area contributed by atoms with Crippen LogP contribution in [0.25, 0.3) is 21.5 Å². The summed E-state index contributed by atoms with van der Waals surface area (Å²) in [5.74, 6) is -0.890. The lowest BCUT2D eigenvalue weighted by Gasteiger charge is -2.08. The lowest BCUT2D eigenvalue weighted by molar-refractivity contribution is -0.146. The number of aromatic nitrogens is 2. The molecule has 0 spiro atoms. The molecule has 140 valence electrons. The van der Waals surface area contributed by atoms with Crippen molar-refractivity contribution in [1.82, 2.24) is 9.97 Å². The molecule has 0 bridgehead atoms. The second-order valence-corrected chi connectivity index (χ2v) is 7.56. The summed E-state index contributed by atoms with van der Waals surface area (Å²) in [5, 5.41) is 10.3. The van der Waals surface area contributed by atoms with E-state index in [0.717, 1.165) is 21.5 Å². The van der Waals surface area contributed by atoms with Gasteiger partial charge in [0.2, 0.25) is 0 Å². The zero-order valence-electron chi connectivity index (χ0n) is 14.6. The Hall–Kier alpha value is -3.10. The number of anilines is 1. The second-order valence-electron chi connectivity index (χ2n) is 5.92. The molecule has 0 aliphatic carbocycles. The van der Waals surface area contributed by atoms with Crippen LogP contribution in [-0.2, 0) is 20.7 Å². The Morgan fingerprint density at radius 3 is 2.89 bits per heavy atom. The molecule has 3 aromatic heterocycles. The van der Waals surface area contributed by atoms with Crippen molar-refractivity contribution >= 4 is 51.1 Å². The van der Waals surface area contributed by atoms with Gasteiger partial charge in [-0.3, -0.25) is 14.6 Å². The number of ether oxygens (including phenoxy) is 1. The van der Waals surface area contributed by atoms with Crippen LogP contribution in [0, 0.1) is 0 Å². The molecular formula is C20H15N3O3S2. The molecule has 6 nitrogen and oxygen atoms in total. The third-order valence-electron chi connectivity index (χ3n) is 3.93. The van der Waals surface area contributed by atoms with Crippen molar-refractivity contribution in [3.8, 4) is 10.6 Å². The maximum Gasteiger partial charge on any atom is 0.312 e. The first-order valence-corrected chi connectivity index (χ1v) is 10.3. The van der Waals surface area contributed by atoms with Gasteiger partial charge in [0.25, 0.3) is 5.91 Å². The predicted molar refractivity (Wildman–Crippen MR) is 110 cm³/mol. The predicted octanol–water partition coefficient (Wildman–Crippen LogP) is 4.14. The monoisotopic (exact) mass is 409 g/mol. The summed E-state index contributed by atoms with van der Waals surface area (Å²) in [5.41, 5.74) is 3.09. The fourth-order valence-electron chi connectivity index (χ4n) is 2.65. The van der Waals surface area contributed by atoms with Crippen LogP contribution in [0.4, 0.5) is 5.69 Å². The number of benzene rings is 1. The minimum Gasteiger partial charge on any atom is -0.455 e. The van der Waals surface area contributed by atoms with E-state index < -0.39 is 11.9 Å². The number of esters is 1. The number of nitrogens with one attached hydrogen (secondary N) is 1. The number of rotatable bonds is 6. The molecule has 4 rings (SSSR count). The Kier molecular flexibility index (Phi) is 5.41. The summed E-state index contributed by atoms with van der Waals surface area (Å²) >= 11 is 3.08. The van der Waals surface area contributed by atoms with E-state index in [2.05, 4.69) is 15.3 Å². The van der Waals surface area contributed by atoms with Crippen molar-refractivity contribution in [2.75, 3.05) is 11.9 Å². The minimum atomic E-state index is -0.489. The van der Waals surface area contributed by atoms with Gasteiger partial charge < -0.3 is 10.1 Å². The molecule has 0 unspecified atom stereocenters. The quantitative estimate of drug-likeness (QED) is 0.484. The molecule has 1 amide bonds. The molecule has 0 saturated heterocycles. The average Bonchev–Trinajstić information content (AvgIpc) is 3.38. The van der Waals surface area contributed by atoms with Gasteiger partial charge in [0.15, 0.2) is 6.61 Å². The van der Waals surface area contributed by atoms with E-state index in [9.17, 15) is 9.59 Å². The summed E-state index contributed by atoms with van der Waals surface area (Å²) in [6.07, 6.45) is 1.73. The number of nitrogens with zero attached hydrogens (tertiary/aromatic N) is 2. The van der Waals surface area contributed by atoms with Gasteiger partial charge in [0.1, 0.15) is 5.01 Å². The fraction of sp³-hybridized carbons (Fsp3) is 0.100. The normalized spacial score (nSPS) is 10.7. The topological polar surface area (TPSA) is 81.2 Å². The molecule has 8 heteroatoms. The molecule has 28 heavy (non-hydrogen) atoms. The zero-order valence-corrected chi connectivity index (χ0v) is 16.3. The number of hydrogen-bond donors (Lipinski definition) is 1. The van der Waals surface area contributed by atoms with Crippen molar-refractivity contribution in [2.24, 2.45) is 0 Å². The van der Waals surface area contributed by atoms with Crippen LogP contribution in [0.5, 0.6) is 0 Å². The summed E-state index contributed by atoms with van der Waals surface area (Å²) < 4.78 is 5.09. The van der Waals surface area contributed by atoms with Crippen LogP contribution in [0.1, 0.15) is 5.69 Å². The highest BCUT2D eigenvalue weighted by atomic mass is 32.1. The van der Waals surface area contributed by atoms with Crippen LogP contribution < -0.4 is 5.32 Å². The van der Waals surface area contributed by atoms with E-state index >= 15 is 0 Å². The van der Waals surface area contributed by atoms with Crippen LogP contribution in [0.2, 0.25) is 0 Å². The van der Waals surface area contributed by atoms with Gasteiger partial charge in [-0.1, -0.05) is 6.07 Å². The van der Waals surface area contributed by atoms with Gasteiger partial charge in [0.05, 0.1) is 23.3 Å². The molecular weight excluding hydrogens is 394 g/mol. The second kappa shape index (κ2) is 8.28. The third-order valence-corrected chi connectivity index (χ3v) is 5.55. The smallest absolute Gasteiger partial charge is 0.312 e. The molecule has 1 aromatic carbocycles. The lowest BCUT2D eigenvalue weighted by atomic mass is 10.2. The number of hydrogen-bond acceptors (Lipinski definition) is 7. The van der Waals surface area contributed by atoms with E-state index in [1.165, 1.54) is 11.3 Å². The van der Waals surface area contributed by atoms with Crippen LogP contribution in [0.15, 0.2) is 58.7 Å². The van der Waals surface area contributed by atoms with Gasteiger partial charge in [-0.05, 0) is 35.7 Å². The number of carbonyl (C=O) groups excluding carboxylic acids is 2. The van der Waals surface area contributed by atoms with Crippen molar-refractivity contribution in [1.29, 1.82) is 0 Å². The number of amides is 1. The average molecular weight is 409 g/mol.